The summed E-state index contributed by atoms with van der Waals surface area (Å²) >= 11 is 11.9. The SMILES string of the molecule is CC[C@](C)(N)c1cc(Cl)ccc1Cl. The Hall–Kier alpha value is -0.240. The van der Waals surface area contributed by atoms with E-state index in [0.29, 0.717) is 10.0 Å². The molecule has 2 N–H and O–H groups in total. The largest absolute Gasteiger partial charge is 0.322 e. The second-order valence-electron chi connectivity index (χ2n) is 3.40. The van der Waals surface area contributed by atoms with Gasteiger partial charge in [-0.1, -0.05) is 30.1 Å². The molecular formula is C10H13Cl2N. The minimum absolute atomic E-state index is 0.401. The van der Waals surface area contributed by atoms with E-state index in [4.69, 9.17) is 28.9 Å². The topological polar surface area (TPSA) is 26.0 Å². The van der Waals surface area contributed by atoms with Gasteiger partial charge in [-0.3, -0.25) is 0 Å². The van der Waals surface area contributed by atoms with E-state index in [2.05, 4.69) is 0 Å². The molecule has 0 amide bonds. The Morgan fingerprint density at radius 3 is 2.54 bits per heavy atom. The van der Waals surface area contributed by atoms with Gasteiger partial charge in [0.05, 0.1) is 0 Å². The van der Waals surface area contributed by atoms with Crippen LogP contribution in [0.25, 0.3) is 0 Å². The van der Waals surface area contributed by atoms with Crippen molar-refractivity contribution < 1.29 is 0 Å². The lowest BCUT2D eigenvalue weighted by molar-refractivity contribution is 0.477. The highest BCUT2D eigenvalue weighted by molar-refractivity contribution is 6.33. The fourth-order valence-corrected chi connectivity index (χ4v) is 1.63. The second-order valence-corrected chi connectivity index (χ2v) is 4.24. The molecular weight excluding hydrogens is 205 g/mol. The molecule has 0 spiro atoms. The van der Waals surface area contributed by atoms with Gasteiger partial charge in [0.1, 0.15) is 0 Å². The summed E-state index contributed by atoms with van der Waals surface area (Å²) in [6.45, 7) is 3.97. The van der Waals surface area contributed by atoms with Gasteiger partial charge in [0, 0.05) is 15.6 Å². The second kappa shape index (κ2) is 3.87. The van der Waals surface area contributed by atoms with E-state index in [-0.39, 0.29) is 0 Å². The molecule has 0 aliphatic carbocycles. The summed E-state index contributed by atoms with van der Waals surface area (Å²) in [6, 6.07) is 5.37. The zero-order chi connectivity index (χ0) is 10.1. The maximum atomic E-state index is 6.06. The van der Waals surface area contributed by atoms with Crippen molar-refractivity contribution in [2.24, 2.45) is 5.73 Å². The number of hydrogen-bond donors (Lipinski definition) is 1. The fourth-order valence-electron chi connectivity index (χ4n) is 1.13. The Morgan fingerprint density at radius 2 is 2.00 bits per heavy atom. The maximum absolute atomic E-state index is 6.06. The standard InChI is InChI=1S/C10H13Cl2N/c1-3-10(2,13)8-6-7(11)4-5-9(8)12/h4-6H,3,13H2,1-2H3/t10-/m0/s1. The van der Waals surface area contributed by atoms with Gasteiger partial charge in [0.2, 0.25) is 0 Å². The third-order valence-electron chi connectivity index (χ3n) is 2.28. The average Bonchev–Trinajstić information content (AvgIpc) is 2.09. The molecule has 1 atom stereocenters. The first kappa shape index (κ1) is 10.8. The van der Waals surface area contributed by atoms with Crippen molar-refractivity contribution in [3.05, 3.63) is 33.8 Å². The lowest BCUT2D eigenvalue weighted by atomic mass is 9.91. The molecule has 0 saturated heterocycles. The normalized spacial score (nSPS) is 15.5. The first-order chi connectivity index (χ1) is 5.97. The van der Waals surface area contributed by atoms with Crippen molar-refractivity contribution in [3.63, 3.8) is 0 Å². The third kappa shape index (κ3) is 2.37. The third-order valence-corrected chi connectivity index (χ3v) is 2.84. The zero-order valence-corrected chi connectivity index (χ0v) is 9.28. The van der Waals surface area contributed by atoms with Gasteiger partial charge in [-0.15, -0.1) is 0 Å². The van der Waals surface area contributed by atoms with Gasteiger partial charge in [0.15, 0.2) is 0 Å². The highest BCUT2D eigenvalue weighted by atomic mass is 35.5. The molecule has 0 unspecified atom stereocenters. The summed E-state index contributed by atoms with van der Waals surface area (Å²) in [7, 11) is 0. The van der Waals surface area contributed by atoms with E-state index in [9.17, 15) is 0 Å². The van der Waals surface area contributed by atoms with Gasteiger partial charge < -0.3 is 5.73 Å². The van der Waals surface area contributed by atoms with Crippen LogP contribution in [0.4, 0.5) is 0 Å². The van der Waals surface area contributed by atoms with Crippen LogP contribution < -0.4 is 5.73 Å². The molecule has 0 bridgehead atoms. The molecule has 0 saturated carbocycles. The van der Waals surface area contributed by atoms with Crippen molar-refractivity contribution in [2.75, 3.05) is 0 Å². The highest BCUT2D eigenvalue weighted by Crippen LogP contribution is 2.30. The van der Waals surface area contributed by atoms with Crippen molar-refractivity contribution in [1.82, 2.24) is 0 Å². The molecule has 3 heteroatoms. The molecule has 1 aromatic carbocycles. The van der Waals surface area contributed by atoms with Crippen LogP contribution in [0.1, 0.15) is 25.8 Å². The Labute approximate surface area is 88.8 Å². The van der Waals surface area contributed by atoms with Crippen LogP contribution in [0.5, 0.6) is 0 Å². The summed E-state index contributed by atoms with van der Waals surface area (Å²) in [5, 5.41) is 1.35. The summed E-state index contributed by atoms with van der Waals surface area (Å²) in [5.41, 5.74) is 6.57. The number of nitrogens with two attached hydrogens (primary N) is 1. The molecule has 0 aliphatic heterocycles. The average molecular weight is 218 g/mol. The lowest BCUT2D eigenvalue weighted by Crippen LogP contribution is -2.32. The van der Waals surface area contributed by atoms with Crippen molar-refractivity contribution in [2.45, 2.75) is 25.8 Å². The van der Waals surface area contributed by atoms with Gasteiger partial charge >= 0.3 is 0 Å². The van der Waals surface area contributed by atoms with Gasteiger partial charge in [-0.2, -0.15) is 0 Å². The van der Waals surface area contributed by atoms with E-state index < -0.39 is 5.54 Å². The molecule has 1 aromatic rings. The van der Waals surface area contributed by atoms with Gasteiger partial charge in [-0.05, 0) is 37.1 Å². The molecule has 1 rings (SSSR count). The molecule has 1 nitrogen and oxygen atoms in total. The smallest absolute Gasteiger partial charge is 0.0457 e. The molecule has 0 aliphatic rings. The summed E-state index contributed by atoms with van der Waals surface area (Å²) < 4.78 is 0. The Balaban J connectivity index is 3.20. The Morgan fingerprint density at radius 1 is 1.38 bits per heavy atom. The molecule has 0 heterocycles. The van der Waals surface area contributed by atoms with Crippen LogP contribution in [0.3, 0.4) is 0 Å². The molecule has 0 radical (unpaired) electrons. The lowest BCUT2D eigenvalue weighted by Gasteiger charge is -2.24. The van der Waals surface area contributed by atoms with Crippen LogP contribution in [0.2, 0.25) is 10.0 Å². The van der Waals surface area contributed by atoms with Crippen LogP contribution in [0.15, 0.2) is 18.2 Å². The van der Waals surface area contributed by atoms with Crippen LogP contribution >= 0.6 is 23.2 Å². The van der Waals surface area contributed by atoms with Crippen LogP contribution in [0, 0.1) is 0 Å². The molecule has 0 aromatic heterocycles. The van der Waals surface area contributed by atoms with Crippen LogP contribution in [-0.2, 0) is 5.54 Å². The first-order valence-corrected chi connectivity index (χ1v) is 4.97. The highest BCUT2D eigenvalue weighted by Gasteiger charge is 2.21. The predicted molar refractivity (Wildman–Crippen MR) is 58.3 cm³/mol. The summed E-state index contributed by atoms with van der Waals surface area (Å²) in [5.74, 6) is 0. The number of rotatable bonds is 2. The number of halogens is 2. The Bertz CT molecular complexity index is 308. The Kier molecular flexibility index (Phi) is 3.23. The van der Waals surface area contributed by atoms with Gasteiger partial charge in [0.25, 0.3) is 0 Å². The van der Waals surface area contributed by atoms with E-state index in [1.165, 1.54) is 0 Å². The summed E-state index contributed by atoms with van der Waals surface area (Å²) in [6.07, 6.45) is 0.826. The van der Waals surface area contributed by atoms with Gasteiger partial charge in [-0.25, -0.2) is 0 Å². The minimum Gasteiger partial charge on any atom is -0.322 e. The quantitative estimate of drug-likeness (QED) is 0.806. The zero-order valence-electron chi connectivity index (χ0n) is 7.77. The summed E-state index contributed by atoms with van der Waals surface area (Å²) in [4.78, 5) is 0. The molecule has 72 valence electrons. The van der Waals surface area contributed by atoms with E-state index in [0.717, 1.165) is 12.0 Å². The van der Waals surface area contributed by atoms with E-state index in [1.807, 2.05) is 19.9 Å². The maximum Gasteiger partial charge on any atom is 0.0457 e. The monoisotopic (exact) mass is 217 g/mol. The number of hydrogen-bond acceptors (Lipinski definition) is 1. The first-order valence-electron chi connectivity index (χ1n) is 4.22. The number of benzene rings is 1. The molecule has 0 fully saturated rings. The van der Waals surface area contributed by atoms with E-state index >= 15 is 0 Å². The van der Waals surface area contributed by atoms with Crippen LogP contribution in [-0.4, -0.2) is 0 Å². The van der Waals surface area contributed by atoms with Crippen molar-refractivity contribution >= 4 is 23.2 Å². The predicted octanol–water partition coefficient (Wildman–Crippen LogP) is 3.58. The minimum atomic E-state index is -0.401. The molecule has 13 heavy (non-hydrogen) atoms. The van der Waals surface area contributed by atoms with Crippen molar-refractivity contribution in [3.8, 4) is 0 Å². The van der Waals surface area contributed by atoms with E-state index in [1.54, 1.807) is 12.1 Å². The fraction of sp³-hybridized carbons (Fsp3) is 0.400. The van der Waals surface area contributed by atoms with Crippen molar-refractivity contribution in [1.29, 1.82) is 0 Å².